The predicted molar refractivity (Wildman–Crippen MR) is 116 cm³/mol. The van der Waals surface area contributed by atoms with Gasteiger partial charge in [-0.25, -0.2) is 4.98 Å². The van der Waals surface area contributed by atoms with E-state index in [4.69, 9.17) is 4.98 Å². The molecular formula is C24H28N4O2. The number of amides is 2. The highest BCUT2D eigenvalue weighted by atomic mass is 16.2. The lowest BCUT2D eigenvalue weighted by Gasteiger charge is -2.41. The van der Waals surface area contributed by atoms with Gasteiger partial charge in [-0.05, 0) is 37.5 Å². The number of carbonyl (C=O) groups excluding carboxylic acids is 2. The minimum atomic E-state index is -0.215. The van der Waals surface area contributed by atoms with Crippen molar-refractivity contribution in [3.05, 3.63) is 72.2 Å². The molecule has 1 aromatic carbocycles. The van der Waals surface area contributed by atoms with Crippen LogP contribution >= 0.6 is 0 Å². The molecule has 4 rings (SSSR count). The predicted octanol–water partition coefficient (Wildman–Crippen LogP) is 3.16. The molecule has 1 aliphatic heterocycles. The van der Waals surface area contributed by atoms with Gasteiger partial charge in [-0.3, -0.25) is 9.59 Å². The van der Waals surface area contributed by atoms with Crippen molar-refractivity contribution in [2.45, 2.75) is 44.6 Å². The van der Waals surface area contributed by atoms with Gasteiger partial charge in [0, 0.05) is 50.3 Å². The van der Waals surface area contributed by atoms with Gasteiger partial charge in [0.2, 0.25) is 11.8 Å². The Morgan fingerprint density at radius 2 is 1.80 bits per heavy atom. The Bertz CT molecular complexity index is 1000. The molecule has 1 fully saturated rings. The molecule has 6 heteroatoms. The Labute approximate surface area is 176 Å². The van der Waals surface area contributed by atoms with Gasteiger partial charge in [-0.15, -0.1) is 0 Å². The topological polar surface area (TPSA) is 66.7 Å². The van der Waals surface area contributed by atoms with Crippen molar-refractivity contribution in [3.63, 3.8) is 0 Å². The van der Waals surface area contributed by atoms with Gasteiger partial charge >= 0.3 is 0 Å². The first-order valence-electron chi connectivity index (χ1n) is 10.5. The van der Waals surface area contributed by atoms with Crippen molar-refractivity contribution in [1.29, 1.82) is 0 Å². The summed E-state index contributed by atoms with van der Waals surface area (Å²) in [4.78, 5) is 30.9. The van der Waals surface area contributed by atoms with E-state index in [2.05, 4.69) is 40.2 Å². The van der Waals surface area contributed by atoms with Gasteiger partial charge in [-0.2, -0.15) is 0 Å². The number of imidazole rings is 1. The second-order valence-corrected chi connectivity index (χ2v) is 8.23. The van der Waals surface area contributed by atoms with E-state index in [-0.39, 0.29) is 23.3 Å². The van der Waals surface area contributed by atoms with Gasteiger partial charge < -0.3 is 14.6 Å². The third-order valence-corrected chi connectivity index (χ3v) is 6.08. The summed E-state index contributed by atoms with van der Waals surface area (Å²) in [5, 5.41) is 2.80. The van der Waals surface area contributed by atoms with Gasteiger partial charge in [0.15, 0.2) is 0 Å². The summed E-state index contributed by atoms with van der Waals surface area (Å²) in [5.41, 5.74) is 3.02. The quantitative estimate of drug-likeness (QED) is 0.710. The van der Waals surface area contributed by atoms with E-state index in [1.807, 2.05) is 42.3 Å². The van der Waals surface area contributed by atoms with Crippen molar-refractivity contribution < 1.29 is 9.59 Å². The Morgan fingerprint density at radius 1 is 1.10 bits per heavy atom. The number of hydrogen-bond donors (Lipinski definition) is 1. The van der Waals surface area contributed by atoms with Crippen molar-refractivity contribution in [2.24, 2.45) is 0 Å². The Balaban J connectivity index is 1.58. The molecule has 3 heterocycles. The molecule has 1 aliphatic rings. The van der Waals surface area contributed by atoms with Crippen LogP contribution in [0.4, 0.5) is 0 Å². The molecule has 3 aromatic rings. The molecule has 0 radical (unpaired) electrons. The Hall–Kier alpha value is -3.15. The zero-order valence-electron chi connectivity index (χ0n) is 17.5. The SMILES string of the molecule is CC(=O)NC(C)CC(=O)N1CCC(c2ccccc2)(c2cn3ccccc3n2)CC1. The maximum absolute atomic E-state index is 12.8. The lowest BCUT2D eigenvalue weighted by atomic mass is 9.70. The van der Waals surface area contributed by atoms with Crippen LogP contribution in [-0.2, 0) is 15.0 Å². The van der Waals surface area contributed by atoms with Crippen LogP contribution in [0, 0.1) is 0 Å². The number of carbonyl (C=O) groups is 2. The van der Waals surface area contributed by atoms with E-state index in [0.717, 1.165) is 24.2 Å². The summed E-state index contributed by atoms with van der Waals surface area (Å²) in [6, 6.07) is 16.4. The molecule has 2 amide bonds. The normalized spacial score (nSPS) is 16.9. The molecule has 1 unspecified atom stereocenters. The van der Waals surface area contributed by atoms with Crippen LogP contribution in [0.2, 0.25) is 0 Å². The van der Waals surface area contributed by atoms with Gasteiger partial charge in [-0.1, -0.05) is 36.4 Å². The molecule has 30 heavy (non-hydrogen) atoms. The number of pyridine rings is 1. The first-order chi connectivity index (χ1) is 14.5. The van der Waals surface area contributed by atoms with Gasteiger partial charge in [0.1, 0.15) is 5.65 Å². The number of aromatic nitrogens is 2. The van der Waals surface area contributed by atoms with Crippen molar-refractivity contribution in [2.75, 3.05) is 13.1 Å². The maximum Gasteiger partial charge on any atom is 0.224 e. The van der Waals surface area contributed by atoms with Crippen LogP contribution in [-0.4, -0.2) is 45.2 Å². The van der Waals surface area contributed by atoms with E-state index in [1.165, 1.54) is 12.5 Å². The van der Waals surface area contributed by atoms with E-state index >= 15 is 0 Å². The van der Waals surface area contributed by atoms with Crippen molar-refractivity contribution in [1.82, 2.24) is 19.6 Å². The molecule has 0 aliphatic carbocycles. The molecule has 0 spiro atoms. The van der Waals surface area contributed by atoms with Crippen molar-refractivity contribution in [3.8, 4) is 0 Å². The number of benzene rings is 1. The standard InChI is InChI=1S/C24H28N4O2/c1-18(25-19(2)29)16-23(30)27-14-11-24(12-15-27,20-8-4-3-5-9-20)21-17-28-13-7-6-10-22(28)26-21/h3-10,13,17-18H,11-12,14-16H2,1-2H3,(H,25,29). The summed E-state index contributed by atoms with van der Waals surface area (Å²) >= 11 is 0. The fourth-order valence-electron chi connectivity index (χ4n) is 4.54. The second kappa shape index (κ2) is 8.30. The van der Waals surface area contributed by atoms with Gasteiger partial charge in [0.25, 0.3) is 0 Å². The average molecular weight is 405 g/mol. The molecular weight excluding hydrogens is 376 g/mol. The molecule has 6 nitrogen and oxygen atoms in total. The van der Waals surface area contributed by atoms with E-state index in [9.17, 15) is 9.59 Å². The van der Waals surface area contributed by atoms with Crippen LogP contribution in [0.3, 0.4) is 0 Å². The molecule has 1 N–H and O–H groups in total. The monoisotopic (exact) mass is 404 g/mol. The fourth-order valence-corrected chi connectivity index (χ4v) is 4.54. The molecule has 0 bridgehead atoms. The lowest BCUT2D eigenvalue weighted by molar-refractivity contribution is -0.133. The van der Waals surface area contributed by atoms with E-state index in [0.29, 0.717) is 19.5 Å². The van der Waals surface area contributed by atoms with E-state index in [1.54, 1.807) is 0 Å². The minimum absolute atomic E-state index is 0.0907. The Morgan fingerprint density at radius 3 is 2.47 bits per heavy atom. The molecule has 1 atom stereocenters. The highest BCUT2D eigenvalue weighted by molar-refractivity contribution is 5.79. The summed E-state index contributed by atoms with van der Waals surface area (Å²) in [6.07, 6.45) is 6.11. The smallest absolute Gasteiger partial charge is 0.224 e. The largest absolute Gasteiger partial charge is 0.353 e. The number of rotatable bonds is 5. The van der Waals surface area contributed by atoms with Crippen LogP contribution in [0.15, 0.2) is 60.9 Å². The average Bonchev–Trinajstić information content (AvgIpc) is 3.18. The molecule has 2 aromatic heterocycles. The number of piperidine rings is 1. The zero-order valence-corrected chi connectivity index (χ0v) is 17.5. The first kappa shape index (κ1) is 20.1. The lowest BCUT2D eigenvalue weighted by Crippen LogP contribution is -2.47. The first-order valence-corrected chi connectivity index (χ1v) is 10.5. The van der Waals surface area contributed by atoms with Crippen LogP contribution < -0.4 is 5.32 Å². The van der Waals surface area contributed by atoms with Crippen molar-refractivity contribution >= 4 is 17.5 Å². The number of hydrogen-bond acceptors (Lipinski definition) is 3. The molecule has 1 saturated heterocycles. The third kappa shape index (κ3) is 3.95. The molecule has 0 saturated carbocycles. The highest BCUT2D eigenvalue weighted by Crippen LogP contribution is 2.41. The number of fused-ring (bicyclic) bond motifs is 1. The molecule has 156 valence electrons. The summed E-state index contributed by atoms with van der Waals surface area (Å²) in [5.74, 6) is -0.0169. The van der Waals surface area contributed by atoms with Crippen LogP contribution in [0.1, 0.15) is 44.4 Å². The fraction of sp³-hybridized carbons (Fsp3) is 0.375. The van der Waals surface area contributed by atoms with Crippen LogP contribution in [0.25, 0.3) is 5.65 Å². The Kier molecular flexibility index (Phi) is 5.57. The van der Waals surface area contributed by atoms with Gasteiger partial charge in [0.05, 0.1) is 5.69 Å². The third-order valence-electron chi connectivity index (χ3n) is 6.08. The highest BCUT2D eigenvalue weighted by Gasteiger charge is 2.40. The summed E-state index contributed by atoms with van der Waals surface area (Å²) < 4.78 is 2.06. The maximum atomic E-state index is 12.8. The van der Waals surface area contributed by atoms with Crippen LogP contribution in [0.5, 0.6) is 0 Å². The second-order valence-electron chi connectivity index (χ2n) is 8.23. The number of nitrogens with one attached hydrogen (secondary N) is 1. The summed E-state index contributed by atoms with van der Waals surface area (Å²) in [6.45, 7) is 4.70. The van der Waals surface area contributed by atoms with E-state index < -0.39 is 0 Å². The summed E-state index contributed by atoms with van der Waals surface area (Å²) in [7, 11) is 0. The number of nitrogens with zero attached hydrogens (tertiary/aromatic N) is 3. The zero-order chi connectivity index (χ0) is 21.1. The number of likely N-dealkylation sites (tertiary alicyclic amines) is 1. The minimum Gasteiger partial charge on any atom is -0.353 e.